The third-order valence-electron chi connectivity index (χ3n) is 1.94. The number of epoxide rings is 1. The maximum Gasteiger partial charge on any atom is 0.417 e. The van der Waals surface area contributed by atoms with Gasteiger partial charge in [-0.15, -0.1) is 0 Å². The first-order chi connectivity index (χ1) is 6.09. The highest BCUT2D eigenvalue weighted by molar-refractivity contribution is 5.22. The Morgan fingerprint density at radius 3 is 2.15 bits per heavy atom. The largest absolute Gasteiger partial charge is 0.417 e. The van der Waals surface area contributed by atoms with Crippen LogP contribution in [0.3, 0.4) is 0 Å². The molecule has 0 saturated carbocycles. The van der Waals surface area contributed by atoms with E-state index in [-0.39, 0.29) is 0 Å². The molecule has 0 amide bonds. The van der Waals surface area contributed by atoms with Crippen LogP contribution in [-0.2, 0) is 4.74 Å². The molecule has 2 rings (SSSR count). The number of halogens is 3. The fraction of sp³-hybridized carbons (Fsp3) is 0.333. The number of alkyl halides is 3. The van der Waals surface area contributed by atoms with E-state index >= 15 is 0 Å². The summed E-state index contributed by atoms with van der Waals surface area (Å²) in [4.78, 5) is 0. The summed E-state index contributed by atoms with van der Waals surface area (Å²) in [6, 6.07) is 8.43. The number of ether oxygens (including phenoxy) is 1. The van der Waals surface area contributed by atoms with Crippen molar-refractivity contribution in [2.45, 2.75) is 18.4 Å². The normalized spacial score (nSPS) is 27.3. The molecule has 1 aromatic rings. The van der Waals surface area contributed by atoms with Crippen LogP contribution in [0.4, 0.5) is 13.2 Å². The molecule has 0 radical (unpaired) electrons. The first-order valence-electron chi connectivity index (χ1n) is 3.86. The van der Waals surface area contributed by atoms with Crippen LogP contribution in [0.1, 0.15) is 11.7 Å². The summed E-state index contributed by atoms with van der Waals surface area (Å²) in [5, 5.41) is 0. The lowest BCUT2D eigenvalue weighted by atomic mass is 10.1. The highest BCUT2D eigenvalue weighted by Gasteiger charge is 2.58. The van der Waals surface area contributed by atoms with Crippen LogP contribution in [0.25, 0.3) is 0 Å². The Morgan fingerprint density at radius 2 is 1.69 bits per heavy atom. The summed E-state index contributed by atoms with van der Waals surface area (Å²) in [6.45, 7) is 0. The highest BCUT2D eigenvalue weighted by atomic mass is 19.4. The van der Waals surface area contributed by atoms with Crippen LogP contribution < -0.4 is 0 Å². The van der Waals surface area contributed by atoms with Crippen LogP contribution >= 0.6 is 0 Å². The van der Waals surface area contributed by atoms with E-state index in [4.69, 9.17) is 0 Å². The summed E-state index contributed by atoms with van der Waals surface area (Å²) in [6.07, 6.45) is -6.63. The molecule has 1 heterocycles. The van der Waals surface area contributed by atoms with Crippen molar-refractivity contribution in [2.75, 3.05) is 0 Å². The second kappa shape index (κ2) is 2.73. The van der Waals surface area contributed by atoms with E-state index in [1.54, 1.807) is 30.3 Å². The molecule has 0 spiro atoms. The molecule has 1 nitrogen and oxygen atoms in total. The molecule has 13 heavy (non-hydrogen) atoms. The second-order valence-electron chi connectivity index (χ2n) is 2.93. The predicted molar refractivity (Wildman–Crippen MR) is 40.1 cm³/mol. The van der Waals surface area contributed by atoms with Crippen molar-refractivity contribution in [3.63, 3.8) is 0 Å². The van der Waals surface area contributed by atoms with E-state index in [9.17, 15) is 13.2 Å². The quantitative estimate of drug-likeness (QED) is 0.617. The molecule has 0 N–H and O–H groups in total. The van der Waals surface area contributed by atoms with E-state index in [2.05, 4.69) is 4.74 Å². The summed E-state index contributed by atoms with van der Waals surface area (Å²) >= 11 is 0. The van der Waals surface area contributed by atoms with Crippen molar-refractivity contribution in [3.8, 4) is 0 Å². The van der Waals surface area contributed by atoms with Gasteiger partial charge in [0, 0.05) is 0 Å². The number of rotatable bonds is 1. The van der Waals surface area contributed by atoms with Gasteiger partial charge in [-0.25, -0.2) is 0 Å². The lowest BCUT2D eigenvalue weighted by Crippen LogP contribution is -2.16. The lowest BCUT2D eigenvalue weighted by molar-refractivity contribution is -0.146. The zero-order valence-electron chi connectivity index (χ0n) is 6.58. The Balaban J connectivity index is 2.09. The summed E-state index contributed by atoms with van der Waals surface area (Å²) < 4.78 is 40.7. The molecule has 1 fully saturated rings. The molecule has 1 aliphatic heterocycles. The van der Waals surface area contributed by atoms with Crippen molar-refractivity contribution in [1.82, 2.24) is 0 Å². The molecule has 0 bridgehead atoms. The topological polar surface area (TPSA) is 12.5 Å². The summed E-state index contributed by atoms with van der Waals surface area (Å²) in [5.74, 6) is 0. The van der Waals surface area contributed by atoms with Gasteiger partial charge in [0.15, 0.2) is 6.10 Å². The van der Waals surface area contributed by atoms with E-state index in [0.717, 1.165) is 0 Å². The van der Waals surface area contributed by atoms with Crippen LogP contribution in [0, 0.1) is 0 Å². The van der Waals surface area contributed by atoms with Gasteiger partial charge < -0.3 is 4.74 Å². The van der Waals surface area contributed by atoms with Crippen molar-refractivity contribution >= 4 is 0 Å². The van der Waals surface area contributed by atoms with Gasteiger partial charge >= 0.3 is 6.18 Å². The van der Waals surface area contributed by atoms with E-state index < -0.39 is 18.4 Å². The average molecular weight is 188 g/mol. The van der Waals surface area contributed by atoms with Crippen molar-refractivity contribution < 1.29 is 17.9 Å². The Labute approximate surface area is 73.1 Å². The monoisotopic (exact) mass is 188 g/mol. The summed E-state index contributed by atoms with van der Waals surface area (Å²) in [5.41, 5.74) is 0.588. The smallest absolute Gasteiger partial charge is 0.355 e. The molecule has 1 aromatic carbocycles. The average Bonchev–Trinajstić information content (AvgIpc) is 2.83. The maximum atomic E-state index is 12.1. The Morgan fingerprint density at radius 1 is 1.08 bits per heavy atom. The molecule has 70 valence electrons. The molecular weight excluding hydrogens is 181 g/mol. The third kappa shape index (κ3) is 1.67. The first-order valence-corrected chi connectivity index (χ1v) is 3.86. The minimum absolute atomic E-state index is 0.588. The maximum absolute atomic E-state index is 12.1. The molecule has 0 unspecified atom stereocenters. The van der Waals surface area contributed by atoms with Crippen molar-refractivity contribution in [1.29, 1.82) is 0 Å². The van der Waals surface area contributed by atoms with Crippen LogP contribution in [0.5, 0.6) is 0 Å². The lowest BCUT2D eigenvalue weighted by Gasteiger charge is -2.00. The van der Waals surface area contributed by atoms with Gasteiger partial charge in [-0.2, -0.15) is 13.2 Å². The van der Waals surface area contributed by atoms with Crippen molar-refractivity contribution in [2.24, 2.45) is 0 Å². The van der Waals surface area contributed by atoms with Crippen LogP contribution in [0.2, 0.25) is 0 Å². The van der Waals surface area contributed by atoms with Crippen LogP contribution in [-0.4, -0.2) is 12.3 Å². The molecule has 0 aromatic heterocycles. The molecular formula is C9H7F3O. The molecule has 1 aliphatic rings. The van der Waals surface area contributed by atoms with E-state index in [1.807, 2.05) is 0 Å². The third-order valence-corrected chi connectivity index (χ3v) is 1.94. The molecule has 1 saturated heterocycles. The van der Waals surface area contributed by atoms with Crippen LogP contribution in [0.15, 0.2) is 30.3 Å². The number of benzene rings is 1. The SMILES string of the molecule is FC(F)(F)[C@H]1O[C@@H]1c1ccccc1. The Bertz CT molecular complexity index is 293. The zero-order chi connectivity index (χ0) is 9.47. The van der Waals surface area contributed by atoms with Gasteiger partial charge in [0.05, 0.1) is 0 Å². The van der Waals surface area contributed by atoms with E-state index in [1.165, 1.54) is 0 Å². The van der Waals surface area contributed by atoms with Gasteiger partial charge in [-0.05, 0) is 5.56 Å². The van der Waals surface area contributed by atoms with Gasteiger partial charge in [-0.3, -0.25) is 0 Å². The standard InChI is InChI=1S/C9H7F3O/c10-9(11,12)8-7(13-8)6-4-2-1-3-5-6/h1-5,7-8H/t7-,8+/m1/s1. The Hall–Kier alpha value is -1.03. The Kier molecular flexibility index (Phi) is 1.80. The minimum Gasteiger partial charge on any atom is -0.355 e. The predicted octanol–water partition coefficient (Wildman–Crippen LogP) is 2.69. The number of hydrogen-bond acceptors (Lipinski definition) is 1. The summed E-state index contributed by atoms with van der Waals surface area (Å²) in [7, 11) is 0. The molecule has 4 heteroatoms. The fourth-order valence-electron chi connectivity index (χ4n) is 1.26. The fourth-order valence-corrected chi connectivity index (χ4v) is 1.26. The number of hydrogen-bond donors (Lipinski definition) is 0. The van der Waals surface area contributed by atoms with Gasteiger partial charge in [0.25, 0.3) is 0 Å². The van der Waals surface area contributed by atoms with E-state index in [0.29, 0.717) is 5.56 Å². The van der Waals surface area contributed by atoms with Gasteiger partial charge in [0.1, 0.15) is 6.10 Å². The minimum atomic E-state index is -4.24. The first kappa shape index (κ1) is 8.56. The van der Waals surface area contributed by atoms with Crippen molar-refractivity contribution in [3.05, 3.63) is 35.9 Å². The van der Waals surface area contributed by atoms with Gasteiger partial charge in [-0.1, -0.05) is 30.3 Å². The highest BCUT2D eigenvalue weighted by Crippen LogP contribution is 2.47. The second-order valence-corrected chi connectivity index (χ2v) is 2.93. The van der Waals surface area contributed by atoms with Gasteiger partial charge in [0.2, 0.25) is 0 Å². The molecule has 0 aliphatic carbocycles. The molecule has 2 atom stereocenters. The zero-order valence-corrected chi connectivity index (χ0v) is 6.58.